The van der Waals surface area contributed by atoms with E-state index in [0.29, 0.717) is 24.9 Å². The fourth-order valence-electron chi connectivity index (χ4n) is 3.03. The van der Waals surface area contributed by atoms with Crippen molar-refractivity contribution in [2.45, 2.75) is 26.3 Å². The standard InChI is InChI=1S/C15H27N3O3/c1-10(2)13(18-6-4-17(3)5-7-18)9-16-14(19)11-8-12(11)15(20)21/h10-13H,4-9H2,1-3H3,(H,16,19)(H,20,21). The van der Waals surface area contributed by atoms with Crippen molar-refractivity contribution in [1.82, 2.24) is 15.1 Å². The van der Waals surface area contributed by atoms with E-state index in [2.05, 4.69) is 36.0 Å². The maximum absolute atomic E-state index is 12.0. The summed E-state index contributed by atoms with van der Waals surface area (Å²) >= 11 is 0. The van der Waals surface area contributed by atoms with Crippen LogP contribution in [-0.2, 0) is 9.59 Å². The number of nitrogens with one attached hydrogen (secondary N) is 1. The Balaban J connectivity index is 1.81. The molecule has 1 saturated carbocycles. The summed E-state index contributed by atoms with van der Waals surface area (Å²) in [4.78, 5) is 27.5. The predicted octanol–water partition coefficient (Wildman–Crippen LogP) is 0.0953. The molecule has 3 atom stereocenters. The molecule has 120 valence electrons. The minimum Gasteiger partial charge on any atom is -0.481 e. The van der Waals surface area contributed by atoms with Crippen LogP contribution in [0.2, 0.25) is 0 Å². The maximum Gasteiger partial charge on any atom is 0.307 e. The van der Waals surface area contributed by atoms with Gasteiger partial charge < -0.3 is 15.3 Å². The van der Waals surface area contributed by atoms with Gasteiger partial charge in [-0.15, -0.1) is 0 Å². The van der Waals surface area contributed by atoms with Gasteiger partial charge >= 0.3 is 5.97 Å². The highest BCUT2D eigenvalue weighted by atomic mass is 16.4. The van der Waals surface area contributed by atoms with Crippen LogP contribution in [-0.4, -0.2) is 72.6 Å². The maximum atomic E-state index is 12.0. The molecule has 21 heavy (non-hydrogen) atoms. The fraction of sp³-hybridized carbons (Fsp3) is 0.867. The first-order valence-corrected chi connectivity index (χ1v) is 7.83. The number of carbonyl (C=O) groups excluding carboxylic acids is 1. The molecule has 3 unspecified atom stereocenters. The Labute approximate surface area is 126 Å². The second kappa shape index (κ2) is 6.75. The normalized spacial score (nSPS) is 28.4. The summed E-state index contributed by atoms with van der Waals surface area (Å²) in [6, 6.07) is 0.324. The van der Waals surface area contributed by atoms with Gasteiger partial charge in [-0.2, -0.15) is 0 Å². The lowest BCUT2D eigenvalue weighted by Gasteiger charge is -2.40. The van der Waals surface area contributed by atoms with Crippen LogP contribution >= 0.6 is 0 Å². The molecule has 2 N–H and O–H groups in total. The molecular weight excluding hydrogens is 270 g/mol. The summed E-state index contributed by atoms with van der Waals surface area (Å²) in [7, 11) is 2.13. The topological polar surface area (TPSA) is 72.9 Å². The van der Waals surface area contributed by atoms with Crippen molar-refractivity contribution < 1.29 is 14.7 Å². The van der Waals surface area contributed by atoms with Crippen molar-refractivity contribution in [3.63, 3.8) is 0 Å². The van der Waals surface area contributed by atoms with Crippen molar-refractivity contribution >= 4 is 11.9 Å². The fourth-order valence-corrected chi connectivity index (χ4v) is 3.03. The van der Waals surface area contributed by atoms with E-state index in [4.69, 9.17) is 5.11 Å². The van der Waals surface area contributed by atoms with Gasteiger partial charge in [0, 0.05) is 38.8 Å². The van der Waals surface area contributed by atoms with Gasteiger partial charge in [-0.3, -0.25) is 14.5 Å². The Bertz CT molecular complexity index is 392. The molecule has 1 aliphatic heterocycles. The monoisotopic (exact) mass is 297 g/mol. The molecule has 0 bridgehead atoms. The molecule has 2 rings (SSSR count). The first kappa shape index (κ1) is 16.2. The van der Waals surface area contributed by atoms with Crippen LogP contribution < -0.4 is 5.32 Å². The van der Waals surface area contributed by atoms with Gasteiger partial charge in [0.2, 0.25) is 5.91 Å². The highest BCUT2D eigenvalue weighted by Gasteiger charge is 2.48. The van der Waals surface area contributed by atoms with E-state index < -0.39 is 11.9 Å². The number of piperazine rings is 1. The number of nitrogens with zero attached hydrogens (tertiary/aromatic N) is 2. The zero-order valence-electron chi connectivity index (χ0n) is 13.2. The van der Waals surface area contributed by atoms with Gasteiger partial charge in [0.15, 0.2) is 0 Å². The molecule has 6 nitrogen and oxygen atoms in total. The highest BCUT2D eigenvalue weighted by molar-refractivity contribution is 5.89. The lowest BCUT2D eigenvalue weighted by molar-refractivity contribution is -0.140. The average molecular weight is 297 g/mol. The van der Waals surface area contributed by atoms with Gasteiger partial charge in [-0.25, -0.2) is 0 Å². The van der Waals surface area contributed by atoms with E-state index in [9.17, 15) is 9.59 Å². The number of hydrogen-bond acceptors (Lipinski definition) is 4. The van der Waals surface area contributed by atoms with E-state index in [1.165, 1.54) is 0 Å². The lowest BCUT2D eigenvalue weighted by atomic mass is 10.0. The van der Waals surface area contributed by atoms with E-state index in [0.717, 1.165) is 26.2 Å². The minimum absolute atomic E-state index is 0.0952. The van der Waals surface area contributed by atoms with Crippen LogP contribution in [0.15, 0.2) is 0 Å². The van der Waals surface area contributed by atoms with Crippen molar-refractivity contribution in [2.24, 2.45) is 17.8 Å². The first-order chi connectivity index (χ1) is 9.90. The third-order valence-electron chi connectivity index (χ3n) is 4.71. The largest absolute Gasteiger partial charge is 0.481 e. The van der Waals surface area contributed by atoms with Gasteiger partial charge in [-0.05, 0) is 19.4 Å². The summed E-state index contributed by atoms with van der Waals surface area (Å²) in [5, 5.41) is 11.8. The molecule has 1 amide bonds. The molecule has 1 aliphatic carbocycles. The number of likely N-dealkylation sites (N-methyl/N-ethyl adjacent to an activating group) is 1. The number of hydrogen-bond donors (Lipinski definition) is 2. The minimum atomic E-state index is -0.852. The average Bonchev–Trinajstić information content (AvgIpc) is 3.21. The Morgan fingerprint density at radius 3 is 2.29 bits per heavy atom. The SMILES string of the molecule is CC(C)C(CNC(=O)C1CC1C(=O)O)N1CCN(C)CC1. The first-order valence-electron chi connectivity index (χ1n) is 7.83. The number of rotatable bonds is 6. The Kier molecular flexibility index (Phi) is 5.22. The third kappa shape index (κ3) is 4.17. The quantitative estimate of drug-likeness (QED) is 0.727. The molecule has 0 aromatic rings. The van der Waals surface area contributed by atoms with Gasteiger partial charge in [-0.1, -0.05) is 13.8 Å². The summed E-state index contributed by atoms with van der Waals surface area (Å²) in [5.74, 6) is -1.27. The van der Waals surface area contributed by atoms with Crippen LogP contribution in [0.3, 0.4) is 0 Å². The van der Waals surface area contributed by atoms with Crippen LogP contribution in [0.1, 0.15) is 20.3 Å². The molecular formula is C15H27N3O3. The van der Waals surface area contributed by atoms with Crippen molar-refractivity contribution in [3.05, 3.63) is 0 Å². The van der Waals surface area contributed by atoms with Crippen LogP contribution in [0.5, 0.6) is 0 Å². The lowest BCUT2D eigenvalue weighted by Crippen LogP contribution is -2.54. The zero-order valence-corrected chi connectivity index (χ0v) is 13.2. The second-order valence-corrected chi connectivity index (χ2v) is 6.68. The molecule has 1 heterocycles. The number of aliphatic carboxylic acids is 1. The molecule has 6 heteroatoms. The molecule has 0 aromatic heterocycles. The number of carboxylic acid groups (broad SMARTS) is 1. The summed E-state index contributed by atoms with van der Waals surface area (Å²) in [5.41, 5.74) is 0. The van der Waals surface area contributed by atoms with Crippen molar-refractivity contribution in [3.8, 4) is 0 Å². The second-order valence-electron chi connectivity index (χ2n) is 6.68. The van der Waals surface area contributed by atoms with Gasteiger partial charge in [0.1, 0.15) is 0 Å². The smallest absolute Gasteiger partial charge is 0.307 e. The molecule has 2 aliphatic rings. The molecule has 0 spiro atoms. The predicted molar refractivity (Wildman–Crippen MR) is 79.9 cm³/mol. The Hall–Kier alpha value is -1.14. The van der Waals surface area contributed by atoms with E-state index in [-0.39, 0.29) is 11.8 Å². The zero-order chi connectivity index (χ0) is 15.6. The summed E-state index contributed by atoms with van der Waals surface area (Å²) in [6.45, 7) is 9.12. The molecule has 2 fully saturated rings. The van der Waals surface area contributed by atoms with Gasteiger partial charge in [0.25, 0.3) is 0 Å². The van der Waals surface area contributed by atoms with E-state index in [1.807, 2.05) is 0 Å². The third-order valence-corrected chi connectivity index (χ3v) is 4.71. The van der Waals surface area contributed by atoms with Crippen LogP contribution in [0.4, 0.5) is 0 Å². The summed E-state index contributed by atoms with van der Waals surface area (Å²) in [6.07, 6.45) is 0.488. The molecule has 1 saturated heterocycles. The highest BCUT2D eigenvalue weighted by Crippen LogP contribution is 2.38. The summed E-state index contributed by atoms with van der Waals surface area (Å²) < 4.78 is 0. The number of carboxylic acids is 1. The van der Waals surface area contributed by atoms with E-state index >= 15 is 0 Å². The Morgan fingerprint density at radius 1 is 1.19 bits per heavy atom. The number of carbonyl (C=O) groups is 2. The van der Waals surface area contributed by atoms with Gasteiger partial charge in [0.05, 0.1) is 11.8 Å². The Morgan fingerprint density at radius 2 is 1.81 bits per heavy atom. The molecule has 0 aromatic carbocycles. The van der Waals surface area contributed by atoms with Crippen molar-refractivity contribution in [1.29, 1.82) is 0 Å². The van der Waals surface area contributed by atoms with Crippen LogP contribution in [0.25, 0.3) is 0 Å². The van der Waals surface area contributed by atoms with Crippen LogP contribution in [0, 0.1) is 17.8 Å². The molecule has 0 radical (unpaired) electrons. The van der Waals surface area contributed by atoms with Crippen molar-refractivity contribution in [2.75, 3.05) is 39.8 Å². The van der Waals surface area contributed by atoms with E-state index in [1.54, 1.807) is 0 Å². The number of amides is 1.